The van der Waals surface area contributed by atoms with Gasteiger partial charge in [-0.2, -0.15) is 0 Å². The predicted octanol–water partition coefficient (Wildman–Crippen LogP) is 1.60. The number of nitrogens with two attached hydrogens (primary N) is 1. The van der Waals surface area contributed by atoms with Crippen molar-refractivity contribution in [2.75, 3.05) is 13.1 Å². The summed E-state index contributed by atoms with van der Waals surface area (Å²) < 4.78 is 0. The SMILES string of the molecule is CC1CCCN(C(C)c2cnccn2)C1CN. The predicted molar refractivity (Wildman–Crippen MR) is 68.4 cm³/mol. The van der Waals surface area contributed by atoms with Crippen molar-refractivity contribution in [3.05, 3.63) is 24.3 Å². The van der Waals surface area contributed by atoms with Crippen LogP contribution in [0.2, 0.25) is 0 Å². The van der Waals surface area contributed by atoms with E-state index in [1.807, 2.05) is 6.20 Å². The summed E-state index contributed by atoms with van der Waals surface area (Å²) in [5.74, 6) is 0.674. The molecule has 1 fully saturated rings. The fraction of sp³-hybridized carbons (Fsp3) is 0.692. The quantitative estimate of drug-likeness (QED) is 0.863. The fourth-order valence-electron chi connectivity index (χ4n) is 2.83. The van der Waals surface area contributed by atoms with Crippen LogP contribution in [0, 0.1) is 5.92 Å². The molecule has 0 saturated carbocycles. The minimum atomic E-state index is 0.306. The summed E-state index contributed by atoms with van der Waals surface area (Å²) in [4.78, 5) is 11.0. The number of piperidine rings is 1. The van der Waals surface area contributed by atoms with E-state index in [4.69, 9.17) is 5.73 Å². The van der Waals surface area contributed by atoms with Gasteiger partial charge < -0.3 is 5.73 Å². The molecule has 17 heavy (non-hydrogen) atoms. The van der Waals surface area contributed by atoms with Crippen molar-refractivity contribution in [3.63, 3.8) is 0 Å². The average Bonchev–Trinajstić information content (AvgIpc) is 2.38. The first-order chi connectivity index (χ1) is 8.24. The van der Waals surface area contributed by atoms with Gasteiger partial charge in [-0.25, -0.2) is 0 Å². The largest absolute Gasteiger partial charge is 0.329 e. The minimum absolute atomic E-state index is 0.306. The first-order valence-corrected chi connectivity index (χ1v) is 6.45. The Labute approximate surface area is 103 Å². The molecule has 0 aliphatic carbocycles. The van der Waals surface area contributed by atoms with Crippen LogP contribution in [0.1, 0.15) is 38.4 Å². The zero-order valence-electron chi connectivity index (χ0n) is 10.7. The molecule has 0 aromatic carbocycles. The Morgan fingerprint density at radius 1 is 1.53 bits per heavy atom. The number of rotatable bonds is 3. The Morgan fingerprint density at radius 2 is 2.35 bits per heavy atom. The van der Waals surface area contributed by atoms with Crippen LogP contribution in [-0.4, -0.2) is 34.0 Å². The van der Waals surface area contributed by atoms with E-state index in [1.54, 1.807) is 12.4 Å². The second kappa shape index (κ2) is 5.56. The normalized spacial score (nSPS) is 27.9. The van der Waals surface area contributed by atoms with E-state index in [1.165, 1.54) is 12.8 Å². The van der Waals surface area contributed by atoms with Gasteiger partial charge in [0.05, 0.1) is 11.7 Å². The summed E-state index contributed by atoms with van der Waals surface area (Å²) in [5.41, 5.74) is 6.96. The summed E-state index contributed by atoms with van der Waals surface area (Å²) >= 11 is 0. The molecule has 1 aliphatic rings. The van der Waals surface area contributed by atoms with Crippen LogP contribution >= 0.6 is 0 Å². The van der Waals surface area contributed by atoms with Gasteiger partial charge in [-0.05, 0) is 32.2 Å². The number of nitrogens with zero attached hydrogens (tertiary/aromatic N) is 3. The third kappa shape index (κ3) is 2.64. The Balaban J connectivity index is 2.15. The van der Waals surface area contributed by atoms with Crippen molar-refractivity contribution in [2.24, 2.45) is 11.7 Å². The van der Waals surface area contributed by atoms with Crippen LogP contribution in [0.25, 0.3) is 0 Å². The Morgan fingerprint density at radius 3 is 3.00 bits per heavy atom. The monoisotopic (exact) mass is 234 g/mol. The molecule has 2 heterocycles. The van der Waals surface area contributed by atoms with E-state index >= 15 is 0 Å². The lowest BCUT2D eigenvalue weighted by Crippen LogP contribution is -2.49. The van der Waals surface area contributed by atoms with E-state index in [-0.39, 0.29) is 0 Å². The standard InChI is InChI=1S/C13H22N4/c1-10-4-3-7-17(13(10)8-14)11(2)12-9-15-5-6-16-12/h5-6,9-11,13H,3-4,7-8,14H2,1-2H3. The van der Waals surface area contributed by atoms with Crippen molar-refractivity contribution in [2.45, 2.75) is 38.8 Å². The summed E-state index contributed by atoms with van der Waals surface area (Å²) in [6, 6.07) is 0.778. The van der Waals surface area contributed by atoms with Gasteiger partial charge in [-0.15, -0.1) is 0 Å². The van der Waals surface area contributed by atoms with Gasteiger partial charge in [0, 0.05) is 31.2 Å². The van der Waals surface area contributed by atoms with Crippen molar-refractivity contribution in [1.29, 1.82) is 0 Å². The molecule has 2 N–H and O–H groups in total. The van der Waals surface area contributed by atoms with Gasteiger partial charge in [0.25, 0.3) is 0 Å². The maximum absolute atomic E-state index is 5.92. The molecule has 0 spiro atoms. The first-order valence-electron chi connectivity index (χ1n) is 6.45. The molecule has 3 unspecified atom stereocenters. The van der Waals surface area contributed by atoms with Crippen molar-refractivity contribution in [3.8, 4) is 0 Å². The lowest BCUT2D eigenvalue weighted by atomic mass is 9.89. The molecular weight excluding hydrogens is 212 g/mol. The lowest BCUT2D eigenvalue weighted by Gasteiger charge is -2.42. The zero-order chi connectivity index (χ0) is 12.3. The Kier molecular flexibility index (Phi) is 4.07. The van der Waals surface area contributed by atoms with Gasteiger partial charge in [0.15, 0.2) is 0 Å². The van der Waals surface area contributed by atoms with E-state index in [0.717, 1.165) is 18.8 Å². The molecule has 1 saturated heterocycles. The third-order valence-corrected chi connectivity index (χ3v) is 3.91. The highest BCUT2D eigenvalue weighted by molar-refractivity contribution is 5.03. The molecule has 2 rings (SSSR count). The molecule has 1 aromatic heterocycles. The number of likely N-dealkylation sites (tertiary alicyclic amines) is 1. The molecule has 3 atom stereocenters. The van der Waals surface area contributed by atoms with Gasteiger partial charge in [-0.3, -0.25) is 14.9 Å². The summed E-state index contributed by atoms with van der Waals surface area (Å²) in [7, 11) is 0. The molecule has 4 nitrogen and oxygen atoms in total. The summed E-state index contributed by atoms with van der Waals surface area (Å²) in [6.07, 6.45) is 7.87. The maximum Gasteiger partial charge on any atom is 0.0755 e. The molecule has 1 aromatic rings. The lowest BCUT2D eigenvalue weighted by molar-refractivity contribution is 0.0671. The van der Waals surface area contributed by atoms with Crippen molar-refractivity contribution >= 4 is 0 Å². The van der Waals surface area contributed by atoms with Crippen LogP contribution in [0.3, 0.4) is 0 Å². The average molecular weight is 234 g/mol. The molecule has 1 aliphatic heterocycles. The third-order valence-electron chi connectivity index (χ3n) is 3.91. The first kappa shape index (κ1) is 12.5. The van der Waals surface area contributed by atoms with Gasteiger partial charge in [0.1, 0.15) is 0 Å². The molecule has 4 heteroatoms. The number of hydrogen-bond donors (Lipinski definition) is 1. The molecule has 0 amide bonds. The summed E-state index contributed by atoms with van der Waals surface area (Å²) in [6.45, 7) is 6.34. The van der Waals surface area contributed by atoms with Gasteiger partial charge >= 0.3 is 0 Å². The van der Waals surface area contributed by atoms with E-state index in [0.29, 0.717) is 18.0 Å². The maximum atomic E-state index is 5.92. The van der Waals surface area contributed by atoms with E-state index < -0.39 is 0 Å². The van der Waals surface area contributed by atoms with Crippen LogP contribution in [0.4, 0.5) is 0 Å². The van der Waals surface area contributed by atoms with Crippen molar-refractivity contribution in [1.82, 2.24) is 14.9 Å². The Bertz CT molecular complexity index is 341. The molecule has 94 valence electrons. The van der Waals surface area contributed by atoms with Crippen LogP contribution in [0.15, 0.2) is 18.6 Å². The van der Waals surface area contributed by atoms with Gasteiger partial charge in [-0.1, -0.05) is 6.92 Å². The highest BCUT2D eigenvalue weighted by atomic mass is 15.2. The second-order valence-electron chi connectivity index (χ2n) is 4.97. The van der Waals surface area contributed by atoms with Crippen LogP contribution < -0.4 is 5.73 Å². The molecular formula is C13H22N4. The minimum Gasteiger partial charge on any atom is -0.329 e. The topological polar surface area (TPSA) is 55.0 Å². The fourth-order valence-corrected chi connectivity index (χ4v) is 2.83. The molecule has 0 bridgehead atoms. The van der Waals surface area contributed by atoms with Crippen molar-refractivity contribution < 1.29 is 0 Å². The van der Waals surface area contributed by atoms with Crippen LogP contribution in [-0.2, 0) is 0 Å². The highest BCUT2D eigenvalue weighted by Gasteiger charge is 2.31. The number of hydrogen-bond acceptors (Lipinski definition) is 4. The molecule has 0 radical (unpaired) electrons. The second-order valence-corrected chi connectivity index (χ2v) is 4.97. The van der Waals surface area contributed by atoms with E-state index in [2.05, 4.69) is 28.7 Å². The van der Waals surface area contributed by atoms with Gasteiger partial charge in [0.2, 0.25) is 0 Å². The van der Waals surface area contributed by atoms with Crippen LogP contribution in [0.5, 0.6) is 0 Å². The number of aromatic nitrogens is 2. The Hall–Kier alpha value is -1.00. The highest BCUT2D eigenvalue weighted by Crippen LogP contribution is 2.29. The summed E-state index contributed by atoms with van der Waals surface area (Å²) in [5, 5.41) is 0. The van der Waals surface area contributed by atoms with E-state index in [9.17, 15) is 0 Å². The zero-order valence-corrected chi connectivity index (χ0v) is 10.7. The smallest absolute Gasteiger partial charge is 0.0755 e.